The van der Waals surface area contributed by atoms with Gasteiger partial charge in [0.05, 0.1) is 6.04 Å². The summed E-state index contributed by atoms with van der Waals surface area (Å²) >= 11 is 0. The lowest BCUT2D eigenvalue weighted by atomic mass is 9.94. The highest BCUT2D eigenvalue weighted by molar-refractivity contribution is 5.76. The van der Waals surface area contributed by atoms with Crippen LogP contribution in [0.5, 0.6) is 0 Å². The van der Waals surface area contributed by atoms with E-state index in [1.807, 2.05) is 0 Å². The Balaban J connectivity index is 1.81. The lowest BCUT2D eigenvalue weighted by Gasteiger charge is -2.22. The lowest BCUT2D eigenvalue weighted by molar-refractivity contribution is -0.122. The minimum atomic E-state index is -0.632. The standard InChI is InChI=1S/C16H21F2NO2/c1-11(14-4-3-13(17)10-15(14)18)19-16(20)5-2-12-6-8-21-9-7-12/h3-4,10-12H,2,5-9H2,1H3,(H,19,20)/t11-/m0/s1. The van der Waals surface area contributed by atoms with Gasteiger partial charge in [-0.3, -0.25) is 4.79 Å². The third-order valence-electron chi connectivity index (χ3n) is 3.93. The zero-order chi connectivity index (χ0) is 15.2. The first-order valence-corrected chi connectivity index (χ1v) is 7.38. The van der Waals surface area contributed by atoms with Crippen molar-refractivity contribution in [1.29, 1.82) is 0 Å². The summed E-state index contributed by atoms with van der Waals surface area (Å²) in [6, 6.07) is 2.93. The molecule has 1 atom stereocenters. The van der Waals surface area contributed by atoms with E-state index in [-0.39, 0.29) is 5.91 Å². The van der Waals surface area contributed by atoms with Gasteiger partial charge in [0.2, 0.25) is 5.91 Å². The minimum absolute atomic E-state index is 0.0993. The molecule has 1 saturated heterocycles. The van der Waals surface area contributed by atoms with Crippen LogP contribution < -0.4 is 5.32 Å². The van der Waals surface area contributed by atoms with Crippen molar-refractivity contribution in [3.05, 3.63) is 35.4 Å². The smallest absolute Gasteiger partial charge is 0.220 e. The van der Waals surface area contributed by atoms with E-state index >= 15 is 0 Å². The molecule has 0 aliphatic carbocycles. The van der Waals surface area contributed by atoms with Crippen molar-refractivity contribution >= 4 is 5.91 Å². The molecule has 1 amide bonds. The molecule has 116 valence electrons. The van der Waals surface area contributed by atoms with Crippen molar-refractivity contribution in [1.82, 2.24) is 5.32 Å². The van der Waals surface area contributed by atoms with Crippen LogP contribution in [0.4, 0.5) is 8.78 Å². The third kappa shape index (κ3) is 4.77. The highest BCUT2D eigenvalue weighted by Gasteiger charge is 2.17. The summed E-state index contributed by atoms with van der Waals surface area (Å²) in [6.45, 7) is 3.23. The van der Waals surface area contributed by atoms with Crippen LogP contribution in [-0.2, 0) is 9.53 Å². The average molecular weight is 297 g/mol. The monoisotopic (exact) mass is 297 g/mol. The molecule has 5 heteroatoms. The number of halogens is 2. The number of benzene rings is 1. The summed E-state index contributed by atoms with van der Waals surface area (Å²) in [6.07, 6.45) is 3.25. The van der Waals surface area contributed by atoms with E-state index in [1.165, 1.54) is 12.1 Å². The van der Waals surface area contributed by atoms with Gasteiger partial charge in [0.1, 0.15) is 11.6 Å². The summed E-state index contributed by atoms with van der Waals surface area (Å²) in [5.74, 6) is -0.818. The second kappa shape index (κ2) is 7.50. The van der Waals surface area contributed by atoms with E-state index in [2.05, 4.69) is 5.32 Å². The third-order valence-corrected chi connectivity index (χ3v) is 3.93. The number of carbonyl (C=O) groups excluding carboxylic acids is 1. The average Bonchev–Trinajstić information content (AvgIpc) is 2.46. The van der Waals surface area contributed by atoms with Crippen molar-refractivity contribution in [2.45, 2.75) is 38.6 Å². The number of nitrogens with one attached hydrogen (secondary N) is 1. The maximum Gasteiger partial charge on any atom is 0.220 e. The van der Waals surface area contributed by atoms with Crippen LogP contribution >= 0.6 is 0 Å². The predicted octanol–water partition coefficient (Wildman–Crippen LogP) is 3.35. The fraction of sp³-hybridized carbons (Fsp3) is 0.562. The van der Waals surface area contributed by atoms with Crippen LogP contribution in [0.1, 0.15) is 44.2 Å². The Kier molecular flexibility index (Phi) is 5.67. The summed E-state index contributed by atoms with van der Waals surface area (Å²) < 4.78 is 31.8. The van der Waals surface area contributed by atoms with Gasteiger partial charge in [0, 0.05) is 31.3 Å². The molecule has 1 aliphatic rings. The second-order valence-corrected chi connectivity index (χ2v) is 5.55. The Morgan fingerprint density at radius 1 is 1.38 bits per heavy atom. The summed E-state index contributed by atoms with van der Waals surface area (Å²) in [7, 11) is 0. The zero-order valence-electron chi connectivity index (χ0n) is 12.2. The first-order chi connectivity index (χ1) is 10.1. The molecule has 1 N–H and O–H groups in total. The summed E-state index contributed by atoms with van der Waals surface area (Å²) in [4.78, 5) is 11.9. The second-order valence-electron chi connectivity index (χ2n) is 5.55. The molecule has 0 radical (unpaired) electrons. The van der Waals surface area contributed by atoms with Crippen LogP contribution in [0, 0.1) is 17.6 Å². The molecule has 3 nitrogen and oxygen atoms in total. The molecule has 0 unspecified atom stereocenters. The molecule has 1 aromatic rings. The molecule has 1 aromatic carbocycles. The number of amides is 1. The number of carbonyl (C=O) groups is 1. The van der Waals surface area contributed by atoms with Gasteiger partial charge >= 0.3 is 0 Å². The van der Waals surface area contributed by atoms with Crippen molar-refractivity contribution in [3.63, 3.8) is 0 Å². The fourth-order valence-corrected chi connectivity index (χ4v) is 2.61. The number of hydrogen-bond acceptors (Lipinski definition) is 2. The van der Waals surface area contributed by atoms with E-state index in [4.69, 9.17) is 4.74 Å². The number of hydrogen-bond donors (Lipinski definition) is 1. The van der Waals surface area contributed by atoms with Gasteiger partial charge in [-0.15, -0.1) is 0 Å². The molecule has 2 rings (SSSR count). The first-order valence-electron chi connectivity index (χ1n) is 7.38. The van der Waals surface area contributed by atoms with Gasteiger partial charge in [0.15, 0.2) is 0 Å². The van der Waals surface area contributed by atoms with E-state index < -0.39 is 17.7 Å². The van der Waals surface area contributed by atoms with Crippen molar-refractivity contribution < 1.29 is 18.3 Å². The van der Waals surface area contributed by atoms with Crippen LogP contribution in [0.3, 0.4) is 0 Å². The molecular formula is C16H21F2NO2. The van der Waals surface area contributed by atoms with E-state index in [1.54, 1.807) is 6.92 Å². The first kappa shape index (κ1) is 15.9. The normalized spacial score (nSPS) is 17.5. The largest absolute Gasteiger partial charge is 0.381 e. The Morgan fingerprint density at radius 2 is 2.10 bits per heavy atom. The van der Waals surface area contributed by atoms with Crippen LogP contribution in [0.25, 0.3) is 0 Å². The van der Waals surface area contributed by atoms with Gasteiger partial charge in [-0.25, -0.2) is 8.78 Å². The van der Waals surface area contributed by atoms with Crippen molar-refractivity contribution in [3.8, 4) is 0 Å². The van der Waals surface area contributed by atoms with Crippen molar-refractivity contribution in [2.24, 2.45) is 5.92 Å². The zero-order valence-corrected chi connectivity index (χ0v) is 12.2. The Labute approximate surface area is 123 Å². The van der Waals surface area contributed by atoms with E-state index in [0.29, 0.717) is 17.9 Å². The topological polar surface area (TPSA) is 38.3 Å². The van der Waals surface area contributed by atoms with E-state index in [9.17, 15) is 13.6 Å². The van der Waals surface area contributed by atoms with E-state index in [0.717, 1.165) is 38.5 Å². The summed E-state index contributed by atoms with van der Waals surface area (Å²) in [5.41, 5.74) is 0.302. The molecule has 0 bridgehead atoms. The van der Waals surface area contributed by atoms with Gasteiger partial charge in [-0.2, -0.15) is 0 Å². The molecule has 0 spiro atoms. The molecule has 21 heavy (non-hydrogen) atoms. The highest BCUT2D eigenvalue weighted by Crippen LogP contribution is 2.21. The summed E-state index contributed by atoms with van der Waals surface area (Å²) in [5, 5.41) is 2.76. The molecule has 1 heterocycles. The molecule has 0 aromatic heterocycles. The Hall–Kier alpha value is -1.49. The minimum Gasteiger partial charge on any atom is -0.381 e. The SMILES string of the molecule is C[C@H](NC(=O)CCC1CCOCC1)c1ccc(F)cc1F. The quantitative estimate of drug-likeness (QED) is 0.905. The van der Waals surface area contributed by atoms with Gasteiger partial charge in [-0.05, 0) is 38.2 Å². The van der Waals surface area contributed by atoms with Gasteiger partial charge < -0.3 is 10.1 Å². The van der Waals surface area contributed by atoms with Crippen LogP contribution in [-0.4, -0.2) is 19.1 Å². The molecular weight excluding hydrogens is 276 g/mol. The maximum atomic E-state index is 13.6. The maximum absolute atomic E-state index is 13.6. The van der Waals surface area contributed by atoms with Crippen molar-refractivity contribution in [2.75, 3.05) is 13.2 Å². The van der Waals surface area contributed by atoms with Gasteiger partial charge in [-0.1, -0.05) is 6.07 Å². The predicted molar refractivity (Wildman–Crippen MR) is 75.7 cm³/mol. The molecule has 1 aliphatic heterocycles. The van der Waals surface area contributed by atoms with Crippen LogP contribution in [0.15, 0.2) is 18.2 Å². The molecule has 1 fully saturated rings. The Bertz CT molecular complexity index is 487. The lowest BCUT2D eigenvalue weighted by Crippen LogP contribution is -2.28. The van der Waals surface area contributed by atoms with Crippen LogP contribution in [0.2, 0.25) is 0 Å². The highest BCUT2D eigenvalue weighted by atomic mass is 19.1. The Morgan fingerprint density at radius 3 is 2.76 bits per heavy atom. The van der Waals surface area contributed by atoms with Gasteiger partial charge in [0.25, 0.3) is 0 Å². The number of ether oxygens (including phenoxy) is 1. The molecule has 0 saturated carbocycles. The fourth-order valence-electron chi connectivity index (χ4n) is 2.61. The number of rotatable bonds is 5.